The smallest absolute Gasteiger partial charge is 0.462 e. The van der Waals surface area contributed by atoms with Gasteiger partial charge in [-0.2, -0.15) is 0 Å². The van der Waals surface area contributed by atoms with Crippen LogP contribution < -0.4 is 5.32 Å². The summed E-state index contributed by atoms with van der Waals surface area (Å²) in [6.45, 7) is 3.60. The Hall–Kier alpha value is -1.48. The molecule has 0 aromatic heterocycles. The van der Waals surface area contributed by atoms with Gasteiger partial charge in [-0.3, -0.25) is 18.9 Å². The molecule has 3 N–H and O–H groups in total. The summed E-state index contributed by atoms with van der Waals surface area (Å²) in [5.41, 5.74) is 0. The number of unbranched alkanes of at least 4 members (excludes halogenated alkanes) is 15. The van der Waals surface area contributed by atoms with Gasteiger partial charge in [0.1, 0.15) is 6.61 Å². The van der Waals surface area contributed by atoms with Crippen LogP contribution >= 0.6 is 7.82 Å². The van der Waals surface area contributed by atoms with E-state index in [2.05, 4.69) is 16.8 Å². The first-order valence-corrected chi connectivity index (χ1v) is 16.5. The summed E-state index contributed by atoms with van der Waals surface area (Å²) in [7, 11) is -4.74. The van der Waals surface area contributed by atoms with Crippen molar-refractivity contribution in [2.45, 2.75) is 142 Å². The van der Waals surface area contributed by atoms with Crippen LogP contribution in [0.15, 0.2) is 0 Å². The van der Waals surface area contributed by atoms with E-state index >= 15 is 0 Å². The second kappa shape index (κ2) is 25.5. The van der Waals surface area contributed by atoms with E-state index in [4.69, 9.17) is 19.3 Å². The van der Waals surface area contributed by atoms with Crippen molar-refractivity contribution in [2.24, 2.45) is 0 Å². The number of phosphoric ester groups is 1. The van der Waals surface area contributed by atoms with Crippen LogP contribution in [0.25, 0.3) is 0 Å². The van der Waals surface area contributed by atoms with Gasteiger partial charge in [0.15, 0.2) is 6.10 Å². The normalized spacial score (nSPS) is 12.2. The van der Waals surface area contributed by atoms with Crippen LogP contribution in [0.1, 0.15) is 136 Å². The number of phosphoric acid groups is 1. The summed E-state index contributed by atoms with van der Waals surface area (Å²) in [5.74, 6) is -0.905. The Morgan fingerprint density at radius 1 is 0.692 bits per heavy atom. The van der Waals surface area contributed by atoms with Crippen LogP contribution in [0, 0.1) is 0 Å². The van der Waals surface area contributed by atoms with Gasteiger partial charge in [0.05, 0.1) is 6.61 Å². The van der Waals surface area contributed by atoms with Gasteiger partial charge in [-0.05, 0) is 19.3 Å². The van der Waals surface area contributed by atoms with E-state index in [0.29, 0.717) is 12.8 Å². The molecule has 0 aromatic carbocycles. The Balaban J connectivity index is 3.97. The highest BCUT2D eigenvalue weighted by Crippen LogP contribution is 2.35. The average molecular weight is 580 g/mol. The van der Waals surface area contributed by atoms with Crippen LogP contribution in [0.5, 0.6) is 0 Å². The molecule has 0 heterocycles. The molecule has 11 heteroatoms. The predicted octanol–water partition coefficient (Wildman–Crippen LogP) is 6.12. The lowest BCUT2D eigenvalue weighted by Gasteiger charge is -2.18. The molecule has 1 atom stereocenters. The SMILES string of the molecule is CCCCCCCCCC(=O)O[C@H](COC(=O)CCCCCCCCCCCCNC(C)=O)COP(=O)(O)O. The first-order chi connectivity index (χ1) is 18.6. The van der Waals surface area contributed by atoms with Gasteiger partial charge in [-0.25, -0.2) is 4.57 Å². The average Bonchev–Trinajstić information content (AvgIpc) is 2.87. The molecule has 39 heavy (non-hydrogen) atoms. The molecule has 0 aliphatic heterocycles. The van der Waals surface area contributed by atoms with Crippen LogP contribution in [0.4, 0.5) is 0 Å². The predicted molar refractivity (Wildman–Crippen MR) is 151 cm³/mol. The van der Waals surface area contributed by atoms with Crippen molar-refractivity contribution >= 4 is 25.7 Å². The van der Waals surface area contributed by atoms with Gasteiger partial charge < -0.3 is 24.6 Å². The molecule has 0 saturated carbocycles. The third kappa shape index (κ3) is 29.3. The summed E-state index contributed by atoms with van der Waals surface area (Å²) in [4.78, 5) is 53.0. The van der Waals surface area contributed by atoms with E-state index < -0.39 is 32.5 Å². The highest BCUT2D eigenvalue weighted by molar-refractivity contribution is 7.46. The topological polar surface area (TPSA) is 148 Å². The second-order valence-electron chi connectivity index (χ2n) is 10.2. The molecule has 10 nitrogen and oxygen atoms in total. The van der Waals surface area contributed by atoms with Gasteiger partial charge in [-0.15, -0.1) is 0 Å². The lowest BCUT2D eigenvalue weighted by atomic mass is 10.1. The van der Waals surface area contributed by atoms with E-state index in [1.165, 1.54) is 51.9 Å². The molecule has 0 spiro atoms. The maximum atomic E-state index is 12.2. The third-order valence-electron chi connectivity index (χ3n) is 6.32. The van der Waals surface area contributed by atoms with Gasteiger partial charge in [0.2, 0.25) is 5.91 Å². The maximum absolute atomic E-state index is 12.2. The second-order valence-corrected chi connectivity index (χ2v) is 11.5. The van der Waals surface area contributed by atoms with Crippen molar-refractivity contribution in [3.63, 3.8) is 0 Å². The highest BCUT2D eigenvalue weighted by atomic mass is 31.2. The Morgan fingerprint density at radius 2 is 1.15 bits per heavy atom. The van der Waals surface area contributed by atoms with Crippen molar-refractivity contribution in [2.75, 3.05) is 19.8 Å². The van der Waals surface area contributed by atoms with Crippen molar-refractivity contribution in [3.8, 4) is 0 Å². The molecular formula is C28H54NO9P. The molecule has 0 aromatic rings. The largest absolute Gasteiger partial charge is 0.469 e. The molecule has 0 bridgehead atoms. The Morgan fingerprint density at radius 3 is 1.64 bits per heavy atom. The number of esters is 2. The van der Waals surface area contributed by atoms with Crippen molar-refractivity contribution in [3.05, 3.63) is 0 Å². The lowest BCUT2D eigenvalue weighted by molar-refractivity contribution is -0.161. The van der Waals surface area contributed by atoms with Gasteiger partial charge in [-0.1, -0.05) is 96.8 Å². The van der Waals surface area contributed by atoms with Crippen LogP contribution in [0.2, 0.25) is 0 Å². The minimum Gasteiger partial charge on any atom is -0.462 e. The number of rotatable bonds is 27. The van der Waals surface area contributed by atoms with Crippen molar-refractivity contribution in [1.82, 2.24) is 5.32 Å². The van der Waals surface area contributed by atoms with E-state index in [0.717, 1.165) is 57.9 Å². The third-order valence-corrected chi connectivity index (χ3v) is 6.81. The Labute approximate surface area is 235 Å². The number of carbonyl (C=O) groups is 3. The number of carbonyl (C=O) groups excluding carboxylic acids is 3. The molecule has 0 radical (unpaired) electrons. The maximum Gasteiger partial charge on any atom is 0.469 e. The monoisotopic (exact) mass is 579 g/mol. The molecule has 0 fully saturated rings. The summed E-state index contributed by atoms with van der Waals surface area (Å²) in [6, 6.07) is 0. The van der Waals surface area contributed by atoms with E-state index in [1.54, 1.807) is 0 Å². The summed E-state index contributed by atoms with van der Waals surface area (Å²) in [5, 5.41) is 2.80. The van der Waals surface area contributed by atoms with Gasteiger partial charge in [0, 0.05) is 26.3 Å². The zero-order valence-electron chi connectivity index (χ0n) is 24.3. The highest BCUT2D eigenvalue weighted by Gasteiger charge is 2.22. The van der Waals surface area contributed by atoms with Crippen molar-refractivity contribution in [1.29, 1.82) is 0 Å². The van der Waals surface area contributed by atoms with E-state index in [1.807, 2.05) is 0 Å². The summed E-state index contributed by atoms with van der Waals surface area (Å²) in [6.07, 6.45) is 17.4. The Kier molecular flexibility index (Phi) is 24.5. The van der Waals surface area contributed by atoms with E-state index in [9.17, 15) is 18.9 Å². The van der Waals surface area contributed by atoms with Gasteiger partial charge >= 0.3 is 19.8 Å². The molecular weight excluding hydrogens is 525 g/mol. The lowest BCUT2D eigenvalue weighted by Crippen LogP contribution is -2.29. The number of nitrogens with one attached hydrogen (secondary N) is 1. The molecule has 0 rings (SSSR count). The molecule has 230 valence electrons. The zero-order chi connectivity index (χ0) is 29.2. The fourth-order valence-corrected chi connectivity index (χ4v) is 4.46. The van der Waals surface area contributed by atoms with E-state index in [-0.39, 0.29) is 25.4 Å². The number of ether oxygens (including phenoxy) is 2. The molecule has 0 aliphatic rings. The van der Waals surface area contributed by atoms with Crippen LogP contribution in [0.3, 0.4) is 0 Å². The Bertz CT molecular complexity index is 684. The summed E-state index contributed by atoms with van der Waals surface area (Å²) >= 11 is 0. The number of hydrogen-bond acceptors (Lipinski definition) is 7. The first-order valence-electron chi connectivity index (χ1n) is 14.9. The molecule has 0 aliphatic carbocycles. The molecule has 0 saturated heterocycles. The van der Waals surface area contributed by atoms with Crippen molar-refractivity contribution < 1.29 is 42.7 Å². The fraction of sp³-hybridized carbons (Fsp3) is 0.893. The summed E-state index contributed by atoms with van der Waals surface area (Å²) < 4.78 is 26.0. The molecule has 0 unspecified atom stereocenters. The number of hydrogen-bond donors (Lipinski definition) is 3. The quantitative estimate of drug-likeness (QED) is 0.0594. The first kappa shape index (κ1) is 37.5. The fourth-order valence-electron chi connectivity index (χ4n) is 4.10. The van der Waals surface area contributed by atoms with Gasteiger partial charge in [0.25, 0.3) is 0 Å². The zero-order valence-corrected chi connectivity index (χ0v) is 25.2. The number of amides is 1. The minimum absolute atomic E-state index is 0.0232. The standard InChI is InChI=1S/C28H54NO9P/c1-3-4-5-6-11-15-18-21-28(32)38-26(24-37-39(33,34)35)23-36-27(31)20-17-14-12-9-7-8-10-13-16-19-22-29-25(2)30/h26H,3-24H2,1-2H3,(H,29,30)(H2,33,34,35)/t26-/m1/s1. The minimum atomic E-state index is -4.74. The van der Waals surface area contributed by atoms with Crippen LogP contribution in [-0.2, 0) is 32.9 Å². The molecule has 1 amide bonds. The van der Waals surface area contributed by atoms with Crippen LogP contribution in [-0.4, -0.2) is 53.5 Å².